The summed E-state index contributed by atoms with van der Waals surface area (Å²) >= 11 is 0. The summed E-state index contributed by atoms with van der Waals surface area (Å²) in [5, 5.41) is 2.45. The molecule has 2 aromatic rings. The topological polar surface area (TPSA) is 92.8 Å². The van der Waals surface area contributed by atoms with Gasteiger partial charge in [-0.15, -0.1) is 0 Å². The molecule has 0 saturated heterocycles. The fourth-order valence-electron chi connectivity index (χ4n) is 2.54. The van der Waals surface area contributed by atoms with Crippen LogP contribution < -0.4 is 9.62 Å². The van der Waals surface area contributed by atoms with Crippen LogP contribution in [0.5, 0.6) is 0 Å². The number of anilines is 2. The predicted molar refractivity (Wildman–Crippen MR) is 109 cm³/mol. The van der Waals surface area contributed by atoms with Crippen molar-refractivity contribution in [3.63, 3.8) is 0 Å². The van der Waals surface area contributed by atoms with Crippen molar-refractivity contribution in [3.05, 3.63) is 59.4 Å². The Morgan fingerprint density at radius 2 is 1.79 bits per heavy atom. The maximum atomic E-state index is 13.6. The number of benzene rings is 2. The van der Waals surface area contributed by atoms with E-state index in [0.717, 1.165) is 16.6 Å². The standard InChI is InChI=1S/C20H23FN2O5S/c1-13-9-10-16(11-17(13)21)22-20(25)15(3)28-19(24)12-23(29(4,26)27)18-8-6-5-7-14(18)2/h5-11,15H,12H2,1-4H3,(H,22,25)/t15-/m0/s1. The van der Waals surface area contributed by atoms with Crippen LogP contribution in [0.3, 0.4) is 0 Å². The number of halogens is 1. The van der Waals surface area contributed by atoms with E-state index in [1.165, 1.54) is 19.1 Å². The number of carbonyl (C=O) groups is 2. The van der Waals surface area contributed by atoms with Crippen LogP contribution in [0.25, 0.3) is 0 Å². The van der Waals surface area contributed by atoms with Gasteiger partial charge in [0.1, 0.15) is 12.4 Å². The van der Waals surface area contributed by atoms with E-state index < -0.39 is 40.4 Å². The molecule has 1 N–H and O–H groups in total. The molecule has 2 rings (SSSR count). The smallest absolute Gasteiger partial charge is 0.327 e. The Morgan fingerprint density at radius 1 is 1.14 bits per heavy atom. The lowest BCUT2D eigenvalue weighted by atomic mass is 10.2. The van der Waals surface area contributed by atoms with Crippen molar-refractivity contribution in [2.75, 3.05) is 22.4 Å². The minimum absolute atomic E-state index is 0.221. The Labute approximate surface area is 169 Å². The molecule has 7 nitrogen and oxygen atoms in total. The molecular formula is C20H23FN2O5S. The number of nitrogens with zero attached hydrogens (tertiary/aromatic N) is 1. The number of para-hydroxylation sites is 1. The highest BCUT2D eigenvalue weighted by Crippen LogP contribution is 2.22. The summed E-state index contributed by atoms with van der Waals surface area (Å²) in [6, 6.07) is 10.9. The monoisotopic (exact) mass is 422 g/mol. The van der Waals surface area contributed by atoms with Crippen molar-refractivity contribution in [3.8, 4) is 0 Å². The van der Waals surface area contributed by atoms with E-state index in [-0.39, 0.29) is 5.69 Å². The first-order chi connectivity index (χ1) is 13.5. The molecule has 0 unspecified atom stereocenters. The maximum Gasteiger partial charge on any atom is 0.327 e. The van der Waals surface area contributed by atoms with Gasteiger partial charge in [0.15, 0.2) is 6.10 Å². The van der Waals surface area contributed by atoms with Gasteiger partial charge in [-0.1, -0.05) is 24.3 Å². The highest BCUT2D eigenvalue weighted by Gasteiger charge is 2.25. The molecular weight excluding hydrogens is 399 g/mol. The number of hydrogen-bond donors (Lipinski definition) is 1. The van der Waals surface area contributed by atoms with E-state index in [4.69, 9.17) is 4.74 Å². The minimum Gasteiger partial charge on any atom is -0.451 e. The number of hydrogen-bond acceptors (Lipinski definition) is 5. The number of ether oxygens (including phenoxy) is 1. The molecule has 9 heteroatoms. The molecule has 0 heterocycles. The van der Waals surface area contributed by atoms with Crippen molar-refractivity contribution in [2.24, 2.45) is 0 Å². The van der Waals surface area contributed by atoms with Gasteiger partial charge in [-0.05, 0) is 50.1 Å². The zero-order chi connectivity index (χ0) is 21.8. The van der Waals surface area contributed by atoms with Crippen molar-refractivity contribution in [1.82, 2.24) is 0 Å². The number of aryl methyl sites for hydroxylation is 2. The van der Waals surface area contributed by atoms with E-state index in [9.17, 15) is 22.4 Å². The first-order valence-electron chi connectivity index (χ1n) is 8.79. The summed E-state index contributed by atoms with van der Waals surface area (Å²) in [4.78, 5) is 24.5. The average molecular weight is 422 g/mol. The summed E-state index contributed by atoms with van der Waals surface area (Å²) in [5.41, 5.74) is 1.66. The summed E-state index contributed by atoms with van der Waals surface area (Å²) in [6.45, 7) is 4.07. The first kappa shape index (κ1) is 22.4. The molecule has 0 bridgehead atoms. The molecule has 156 valence electrons. The highest BCUT2D eigenvalue weighted by atomic mass is 32.2. The van der Waals surface area contributed by atoms with Crippen molar-refractivity contribution in [2.45, 2.75) is 26.9 Å². The number of carbonyl (C=O) groups excluding carboxylic acids is 2. The normalized spacial score (nSPS) is 12.2. The second-order valence-corrected chi connectivity index (χ2v) is 8.55. The van der Waals surface area contributed by atoms with E-state index >= 15 is 0 Å². The van der Waals surface area contributed by atoms with E-state index in [2.05, 4.69) is 5.32 Å². The molecule has 0 spiro atoms. The van der Waals surface area contributed by atoms with E-state index in [0.29, 0.717) is 16.8 Å². The molecule has 0 saturated carbocycles. The average Bonchev–Trinajstić information content (AvgIpc) is 2.62. The van der Waals surface area contributed by atoms with Gasteiger partial charge in [-0.25, -0.2) is 12.8 Å². The van der Waals surface area contributed by atoms with Gasteiger partial charge < -0.3 is 10.1 Å². The lowest BCUT2D eigenvalue weighted by Gasteiger charge is -2.24. The SMILES string of the molecule is Cc1ccc(NC(=O)[C@H](C)OC(=O)CN(c2ccccc2C)S(C)(=O)=O)cc1F. The zero-order valence-electron chi connectivity index (χ0n) is 16.6. The number of nitrogens with one attached hydrogen (secondary N) is 1. The summed E-state index contributed by atoms with van der Waals surface area (Å²) < 4.78 is 43.9. The molecule has 0 aliphatic heterocycles. The molecule has 0 aliphatic carbocycles. The fraction of sp³-hybridized carbons (Fsp3) is 0.300. The van der Waals surface area contributed by atoms with Crippen molar-refractivity contribution >= 4 is 33.3 Å². The second kappa shape index (κ2) is 9.04. The van der Waals surface area contributed by atoms with Crippen LogP contribution in [0, 0.1) is 19.7 Å². The largest absolute Gasteiger partial charge is 0.451 e. The quantitative estimate of drug-likeness (QED) is 0.693. The predicted octanol–water partition coefficient (Wildman–Crippen LogP) is 2.78. The van der Waals surface area contributed by atoms with Gasteiger partial charge in [-0.2, -0.15) is 0 Å². The molecule has 0 fully saturated rings. The minimum atomic E-state index is -3.76. The third kappa shape index (κ3) is 6.02. The van der Waals surface area contributed by atoms with Crippen molar-refractivity contribution in [1.29, 1.82) is 0 Å². The maximum absolute atomic E-state index is 13.6. The Morgan fingerprint density at radius 3 is 2.38 bits per heavy atom. The molecule has 1 amide bonds. The summed E-state index contributed by atoms with van der Waals surface area (Å²) in [7, 11) is -3.76. The van der Waals surface area contributed by atoms with Crippen LogP contribution in [0.15, 0.2) is 42.5 Å². The number of esters is 1. The third-order valence-electron chi connectivity index (χ3n) is 4.17. The van der Waals surface area contributed by atoms with Crippen LogP contribution in [-0.4, -0.2) is 39.2 Å². The van der Waals surface area contributed by atoms with Crippen LogP contribution in [0.2, 0.25) is 0 Å². The van der Waals surface area contributed by atoms with Gasteiger partial charge in [0, 0.05) is 5.69 Å². The third-order valence-corrected chi connectivity index (χ3v) is 5.30. The number of rotatable bonds is 7. The summed E-state index contributed by atoms with van der Waals surface area (Å²) in [6.07, 6.45) is -0.223. The Hall–Kier alpha value is -2.94. The first-order valence-corrected chi connectivity index (χ1v) is 10.6. The molecule has 2 aromatic carbocycles. The molecule has 0 aromatic heterocycles. The Kier molecular flexibility index (Phi) is 6.97. The van der Waals surface area contributed by atoms with Crippen LogP contribution in [-0.2, 0) is 24.3 Å². The van der Waals surface area contributed by atoms with Gasteiger partial charge in [0.05, 0.1) is 11.9 Å². The van der Waals surface area contributed by atoms with Crippen LogP contribution >= 0.6 is 0 Å². The Bertz CT molecular complexity index is 1020. The summed E-state index contributed by atoms with van der Waals surface area (Å²) in [5.74, 6) is -2.03. The van der Waals surface area contributed by atoms with Crippen molar-refractivity contribution < 1.29 is 27.1 Å². The molecule has 0 aliphatic rings. The lowest BCUT2D eigenvalue weighted by Crippen LogP contribution is -2.39. The van der Waals surface area contributed by atoms with E-state index in [1.54, 1.807) is 38.1 Å². The molecule has 0 radical (unpaired) electrons. The Balaban J connectivity index is 2.06. The molecule has 1 atom stereocenters. The lowest BCUT2D eigenvalue weighted by molar-refractivity contribution is -0.151. The fourth-order valence-corrected chi connectivity index (χ4v) is 3.45. The zero-order valence-corrected chi connectivity index (χ0v) is 17.4. The van der Waals surface area contributed by atoms with Gasteiger partial charge in [0.25, 0.3) is 5.91 Å². The van der Waals surface area contributed by atoms with Gasteiger partial charge >= 0.3 is 5.97 Å². The van der Waals surface area contributed by atoms with Gasteiger partial charge in [0.2, 0.25) is 10.0 Å². The number of amides is 1. The van der Waals surface area contributed by atoms with Crippen LogP contribution in [0.1, 0.15) is 18.1 Å². The molecule has 29 heavy (non-hydrogen) atoms. The van der Waals surface area contributed by atoms with Crippen LogP contribution in [0.4, 0.5) is 15.8 Å². The van der Waals surface area contributed by atoms with Gasteiger partial charge in [-0.3, -0.25) is 13.9 Å². The number of sulfonamides is 1. The highest BCUT2D eigenvalue weighted by molar-refractivity contribution is 7.92. The second-order valence-electron chi connectivity index (χ2n) is 6.64. The van der Waals surface area contributed by atoms with E-state index in [1.807, 2.05) is 0 Å².